The molecule has 0 aromatic heterocycles. The van der Waals surface area contributed by atoms with Gasteiger partial charge in [-0.15, -0.1) is 0 Å². The van der Waals surface area contributed by atoms with E-state index in [0.717, 1.165) is 51.5 Å². The third-order valence-corrected chi connectivity index (χ3v) is 4.59. The summed E-state index contributed by atoms with van der Waals surface area (Å²) in [5.74, 6) is 0.890. The second-order valence-electron chi connectivity index (χ2n) is 6.72. The lowest BCUT2D eigenvalue weighted by Crippen LogP contribution is -2.44. The van der Waals surface area contributed by atoms with Crippen LogP contribution in [-0.2, 0) is 9.47 Å². The predicted molar refractivity (Wildman–Crippen MR) is 108 cm³/mol. The first-order valence-corrected chi connectivity index (χ1v) is 9.58. The lowest BCUT2D eigenvalue weighted by atomic mass is 10.2. The molecule has 146 valence electrons. The quantitative estimate of drug-likeness (QED) is 0.380. The molecular formula is C20H34N4O2. The summed E-state index contributed by atoms with van der Waals surface area (Å²) in [5, 5.41) is 6.95. The van der Waals surface area contributed by atoms with Crippen molar-refractivity contribution in [3.8, 4) is 0 Å². The van der Waals surface area contributed by atoms with E-state index in [9.17, 15) is 0 Å². The Kier molecular flexibility index (Phi) is 9.28. The summed E-state index contributed by atoms with van der Waals surface area (Å²) in [4.78, 5) is 6.78. The molecule has 0 amide bonds. The van der Waals surface area contributed by atoms with Crippen molar-refractivity contribution in [2.75, 3.05) is 58.5 Å². The number of unbranched alkanes of at least 4 members (excludes halogenated alkanes) is 1. The van der Waals surface area contributed by atoms with Gasteiger partial charge in [0, 0.05) is 52.1 Å². The minimum Gasteiger partial charge on any atom is -0.382 e. The maximum absolute atomic E-state index is 5.47. The van der Waals surface area contributed by atoms with Gasteiger partial charge in [-0.1, -0.05) is 17.7 Å². The molecule has 0 saturated carbocycles. The minimum absolute atomic E-state index is 0.430. The molecule has 1 aliphatic rings. The lowest BCUT2D eigenvalue weighted by Gasteiger charge is -2.20. The molecule has 6 heteroatoms. The first-order chi connectivity index (χ1) is 12.7. The van der Waals surface area contributed by atoms with Gasteiger partial charge in [-0.25, -0.2) is 0 Å². The SMILES string of the molecule is CN=C(NCCCCOCCOC)NC1CCN(c2ccc(C)cc2)C1. The topological polar surface area (TPSA) is 58.1 Å². The van der Waals surface area contributed by atoms with Crippen molar-refractivity contribution in [1.29, 1.82) is 0 Å². The fourth-order valence-electron chi connectivity index (χ4n) is 3.04. The number of guanidine groups is 1. The maximum atomic E-state index is 5.47. The highest BCUT2D eigenvalue weighted by molar-refractivity contribution is 5.80. The summed E-state index contributed by atoms with van der Waals surface area (Å²) >= 11 is 0. The zero-order valence-electron chi connectivity index (χ0n) is 16.5. The number of rotatable bonds is 10. The van der Waals surface area contributed by atoms with Crippen molar-refractivity contribution in [3.05, 3.63) is 29.8 Å². The van der Waals surface area contributed by atoms with Gasteiger partial charge in [0.2, 0.25) is 0 Å². The minimum atomic E-state index is 0.430. The van der Waals surface area contributed by atoms with Crippen LogP contribution < -0.4 is 15.5 Å². The van der Waals surface area contributed by atoms with Crippen LogP contribution in [0.15, 0.2) is 29.3 Å². The molecular weight excluding hydrogens is 328 g/mol. The number of nitrogens with one attached hydrogen (secondary N) is 2. The van der Waals surface area contributed by atoms with Crippen LogP contribution in [0.1, 0.15) is 24.8 Å². The molecule has 0 aliphatic carbocycles. The summed E-state index contributed by atoms with van der Waals surface area (Å²) in [7, 11) is 3.52. The molecule has 0 spiro atoms. The molecule has 2 rings (SSSR count). The first-order valence-electron chi connectivity index (χ1n) is 9.58. The molecule has 1 heterocycles. The Labute approximate surface area is 158 Å². The number of nitrogens with zero attached hydrogens (tertiary/aromatic N) is 2. The van der Waals surface area contributed by atoms with Gasteiger partial charge in [0.1, 0.15) is 0 Å². The molecule has 0 radical (unpaired) electrons. The zero-order valence-corrected chi connectivity index (χ0v) is 16.5. The van der Waals surface area contributed by atoms with Gasteiger partial charge in [0.15, 0.2) is 5.96 Å². The number of ether oxygens (including phenoxy) is 2. The molecule has 1 fully saturated rings. The van der Waals surface area contributed by atoms with Crippen LogP contribution >= 0.6 is 0 Å². The average Bonchev–Trinajstić information content (AvgIpc) is 3.12. The smallest absolute Gasteiger partial charge is 0.191 e. The van der Waals surface area contributed by atoms with Crippen molar-refractivity contribution >= 4 is 11.6 Å². The normalized spacial score (nSPS) is 17.6. The highest BCUT2D eigenvalue weighted by atomic mass is 16.5. The van der Waals surface area contributed by atoms with Gasteiger partial charge in [-0.2, -0.15) is 0 Å². The van der Waals surface area contributed by atoms with Crippen LogP contribution in [0.2, 0.25) is 0 Å². The van der Waals surface area contributed by atoms with E-state index in [0.29, 0.717) is 19.3 Å². The fourth-order valence-corrected chi connectivity index (χ4v) is 3.04. The number of hydrogen-bond acceptors (Lipinski definition) is 4. The van der Waals surface area contributed by atoms with Crippen LogP contribution in [0.4, 0.5) is 5.69 Å². The standard InChI is InChI=1S/C20H34N4O2/c1-17-6-8-19(9-7-17)24-12-10-18(16-24)23-20(21-2)22-11-4-5-13-26-15-14-25-3/h6-9,18H,4-5,10-16H2,1-3H3,(H2,21,22,23). The lowest BCUT2D eigenvalue weighted by molar-refractivity contribution is 0.0689. The average molecular weight is 363 g/mol. The number of hydrogen-bond donors (Lipinski definition) is 2. The van der Waals surface area contributed by atoms with Crippen molar-refractivity contribution < 1.29 is 9.47 Å². The number of aryl methyl sites for hydroxylation is 1. The number of anilines is 1. The number of methoxy groups -OCH3 is 1. The van der Waals surface area contributed by atoms with Gasteiger partial charge in [-0.3, -0.25) is 4.99 Å². The van der Waals surface area contributed by atoms with Crippen molar-refractivity contribution in [3.63, 3.8) is 0 Å². The Morgan fingerprint density at radius 2 is 2.00 bits per heavy atom. The van der Waals surface area contributed by atoms with Gasteiger partial charge >= 0.3 is 0 Å². The second-order valence-corrected chi connectivity index (χ2v) is 6.72. The first kappa shape index (κ1) is 20.5. The van der Waals surface area contributed by atoms with E-state index in [1.54, 1.807) is 7.11 Å². The molecule has 1 aromatic carbocycles. The van der Waals surface area contributed by atoms with Crippen LogP contribution in [0.5, 0.6) is 0 Å². The summed E-state index contributed by atoms with van der Waals surface area (Å²) in [6.45, 7) is 7.24. The highest BCUT2D eigenvalue weighted by Crippen LogP contribution is 2.20. The largest absolute Gasteiger partial charge is 0.382 e. The van der Waals surface area contributed by atoms with Crippen molar-refractivity contribution in [2.45, 2.75) is 32.2 Å². The molecule has 1 atom stereocenters. The van der Waals surface area contributed by atoms with Gasteiger partial charge in [0.25, 0.3) is 0 Å². The predicted octanol–water partition coefficient (Wildman–Crippen LogP) is 2.18. The van der Waals surface area contributed by atoms with Gasteiger partial charge < -0.3 is 25.0 Å². The molecule has 1 aliphatic heterocycles. The van der Waals surface area contributed by atoms with Gasteiger partial charge in [-0.05, 0) is 38.3 Å². The Morgan fingerprint density at radius 3 is 2.73 bits per heavy atom. The summed E-state index contributed by atoms with van der Waals surface area (Å²) < 4.78 is 10.4. The highest BCUT2D eigenvalue weighted by Gasteiger charge is 2.23. The maximum Gasteiger partial charge on any atom is 0.191 e. The van der Waals surface area contributed by atoms with E-state index in [4.69, 9.17) is 9.47 Å². The zero-order chi connectivity index (χ0) is 18.6. The third kappa shape index (κ3) is 7.22. The Balaban J connectivity index is 1.62. The summed E-state index contributed by atoms with van der Waals surface area (Å²) in [5.41, 5.74) is 2.60. The Hall–Kier alpha value is -1.79. The molecule has 1 aromatic rings. The van der Waals surface area contributed by atoms with Crippen LogP contribution in [0.3, 0.4) is 0 Å². The molecule has 1 unspecified atom stereocenters. The second kappa shape index (κ2) is 11.8. The van der Waals surface area contributed by atoms with E-state index in [2.05, 4.69) is 51.7 Å². The number of benzene rings is 1. The molecule has 2 N–H and O–H groups in total. The van der Waals surface area contributed by atoms with Crippen LogP contribution in [0, 0.1) is 6.92 Å². The van der Waals surface area contributed by atoms with Gasteiger partial charge in [0.05, 0.1) is 13.2 Å². The monoisotopic (exact) mass is 362 g/mol. The van der Waals surface area contributed by atoms with E-state index in [1.807, 2.05) is 7.05 Å². The van der Waals surface area contributed by atoms with E-state index in [-0.39, 0.29) is 0 Å². The molecule has 26 heavy (non-hydrogen) atoms. The molecule has 0 bridgehead atoms. The molecule has 6 nitrogen and oxygen atoms in total. The van der Waals surface area contributed by atoms with Crippen LogP contribution in [0.25, 0.3) is 0 Å². The Morgan fingerprint density at radius 1 is 1.19 bits per heavy atom. The molecule has 1 saturated heterocycles. The van der Waals surface area contributed by atoms with Crippen molar-refractivity contribution in [2.24, 2.45) is 4.99 Å². The Bertz CT molecular complexity index is 533. The van der Waals surface area contributed by atoms with E-state index < -0.39 is 0 Å². The van der Waals surface area contributed by atoms with E-state index in [1.165, 1.54) is 11.3 Å². The van der Waals surface area contributed by atoms with Crippen LogP contribution in [-0.4, -0.2) is 65.6 Å². The summed E-state index contributed by atoms with van der Waals surface area (Å²) in [6.07, 6.45) is 3.23. The van der Waals surface area contributed by atoms with E-state index >= 15 is 0 Å². The van der Waals surface area contributed by atoms with Crippen molar-refractivity contribution in [1.82, 2.24) is 10.6 Å². The number of aliphatic imine (C=N–C) groups is 1. The summed E-state index contributed by atoms with van der Waals surface area (Å²) in [6, 6.07) is 9.20. The third-order valence-electron chi connectivity index (χ3n) is 4.59. The fraction of sp³-hybridized carbons (Fsp3) is 0.650.